The van der Waals surface area contributed by atoms with Gasteiger partial charge < -0.3 is 0 Å². The predicted octanol–water partition coefficient (Wildman–Crippen LogP) is 11.3. The van der Waals surface area contributed by atoms with Crippen molar-refractivity contribution >= 4 is 21.5 Å². The van der Waals surface area contributed by atoms with Crippen LogP contribution in [0.3, 0.4) is 0 Å². The van der Waals surface area contributed by atoms with Gasteiger partial charge in [-0.1, -0.05) is 147 Å². The lowest BCUT2D eigenvalue weighted by Crippen LogP contribution is -2.23. The molecule has 0 atom stereocenters. The smallest absolute Gasteiger partial charge is 0.0159 e. The van der Waals surface area contributed by atoms with Gasteiger partial charge in [0.1, 0.15) is 0 Å². The molecule has 0 amide bonds. The first-order valence-corrected chi connectivity index (χ1v) is 14.5. The van der Waals surface area contributed by atoms with E-state index in [0.717, 1.165) is 0 Å². The monoisotopic (exact) mass is 520 g/mol. The fourth-order valence-electron chi connectivity index (χ4n) is 7.85. The molecule has 0 nitrogen and oxygen atoms in total. The Kier molecular flexibility index (Phi) is 4.49. The van der Waals surface area contributed by atoms with E-state index in [1.807, 2.05) is 0 Å². The summed E-state index contributed by atoms with van der Waals surface area (Å²) in [5.41, 5.74) is 16.1. The molecule has 0 heterocycles. The maximum Gasteiger partial charge on any atom is 0.0159 e. The van der Waals surface area contributed by atoms with Crippen molar-refractivity contribution in [3.63, 3.8) is 0 Å². The van der Waals surface area contributed by atoms with E-state index >= 15 is 0 Å². The lowest BCUT2D eigenvalue weighted by atomic mass is 9.68. The highest BCUT2D eigenvalue weighted by atomic mass is 14.4. The Bertz CT molecular complexity index is 2110. The number of rotatable bonds is 2. The van der Waals surface area contributed by atoms with Crippen LogP contribution in [-0.2, 0) is 5.41 Å². The Balaban J connectivity index is 1.52. The molecule has 0 N–H and O–H groups in total. The Morgan fingerprint density at radius 2 is 0.829 bits per heavy atom. The molecule has 2 aliphatic carbocycles. The van der Waals surface area contributed by atoms with Gasteiger partial charge in [0.15, 0.2) is 0 Å². The van der Waals surface area contributed by atoms with Crippen molar-refractivity contribution in [3.05, 3.63) is 145 Å². The third kappa shape index (κ3) is 2.89. The zero-order valence-electron chi connectivity index (χ0n) is 23.2. The molecule has 7 aromatic carbocycles. The topological polar surface area (TPSA) is 0 Å². The first kappa shape index (κ1) is 22.8. The van der Waals surface area contributed by atoms with Crippen molar-refractivity contribution in [2.24, 2.45) is 0 Å². The van der Waals surface area contributed by atoms with Gasteiger partial charge in [-0.15, -0.1) is 0 Å². The molecule has 0 saturated heterocycles. The molecule has 0 unspecified atom stereocenters. The largest absolute Gasteiger partial charge is 0.0622 e. The second-order valence-corrected chi connectivity index (χ2v) is 12.0. The summed E-state index contributed by atoms with van der Waals surface area (Å²) in [5, 5.41) is 5.43. The van der Waals surface area contributed by atoms with E-state index in [-0.39, 0.29) is 5.41 Å². The van der Waals surface area contributed by atoms with Crippen LogP contribution in [0.4, 0.5) is 0 Å². The normalized spacial score (nSPS) is 13.8. The van der Waals surface area contributed by atoms with Gasteiger partial charge in [0, 0.05) is 5.41 Å². The maximum atomic E-state index is 2.42. The van der Waals surface area contributed by atoms with Crippen LogP contribution in [0.25, 0.3) is 77.2 Å². The van der Waals surface area contributed by atoms with Crippen molar-refractivity contribution in [1.29, 1.82) is 0 Å². The number of hydrogen-bond donors (Lipinski definition) is 0. The molecule has 41 heavy (non-hydrogen) atoms. The fourth-order valence-corrected chi connectivity index (χ4v) is 7.85. The quantitative estimate of drug-likeness (QED) is 0.213. The van der Waals surface area contributed by atoms with Crippen molar-refractivity contribution in [1.82, 2.24) is 0 Å². The third-order valence-electron chi connectivity index (χ3n) is 9.60. The van der Waals surface area contributed by atoms with E-state index in [4.69, 9.17) is 0 Å². The van der Waals surface area contributed by atoms with E-state index < -0.39 is 0 Å². The van der Waals surface area contributed by atoms with E-state index in [2.05, 4.69) is 147 Å². The summed E-state index contributed by atoms with van der Waals surface area (Å²) in [7, 11) is 0. The molecule has 9 rings (SSSR count). The Morgan fingerprint density at radius 3 is 1.44 bits per heavy atom. The van der Waals surface area contributed by atoms with Gasteiger partial charge in [0.25, 0.3) is 0 Å². The van der Waals surface area contributed by atoms with Gasteiger partial charge in [-0.3, -0.25) is 0 Å². The molecule has 0 saturated carbocycles. The van der Waals surface area contributed by atoms with Crippen LogP contribution in [0, 0.1) is 0 Å². The van der Waals surface area contributed by atoms with Crippen LogP contribution >= 0.6 is 0 Å². The van der Waals surface area contributed by atoms with Gasteiger partial charge in [0.05, 0.1) is 0 Å². The summed E-state index contributed by atoms with van der Waals surface area (Å²) < 4.78 is 0. The van der Waals surface area contributed by atoms with Gasteiger partial charge in [0.2, 0.25) is 0 Å². The summed E-state index contributed by atoms with van der Waals surface area (Å²) in [5.74, 6) is 0. The minimum atomic E-state index is -0.0786. The minimum Gasteiger partial charge on any atom is -0.0622 e. The minimum absolute atomic E-state index is 0.0786. The number of hydrogen-bond acceptors (Lipinski definition) is 0. The van der Waals surface area contributed by atoms with E-state index in [0.29, 0.717) is 0 Å². The Morgan fingerprint density at radius 1 is 0.341 bits per heavy atom. The van der Waals surface area contributed by atoms with Gasteiger partial charge in [-0.25, -0.2) is 0 Å². The Hall–Kier alpha value is -4.94. The molecule has 0 heteroatoms. The molecule has 0 aliphatic heterocycles. The number of fused-ring (bicyclic) bond motifs is 6. The van der Waals surface area contributed by atoms with Gasteiger partial charge >= 0.3 is 0 Å². The highest BCUT2D eigenvalue weighted by Gasteiger charge is 2.38. The van der Waals surface area contributed by atoms with Crippen LogP contribution in [0.2, 0.25) is 0 Å². The molecule has 0 fully saturated rings. The zero-order valence-corrected chi connectivity index (χ0v) is 23.2. The molecule has 0 bridgehead atoms. The molecule has 7 aromatic rings. The van der Waals surface area contributed by atoms with E-state index in [1.54, 1.807) is 0 Å². The molecule has 192 valence electrons. The SMILES string of the molecule is CC1(C)c2ccccc2-c2ccc3c4c(ccc1c24)-c1c-3c(-c2ccccc2)c2ccccc2c1-c1ccccc1. The van der Waals surface area contributed by atoms with Crippen LogP contribution in [0.1, 0.15) is 25.0 Å². The lowest BCUT2D eigenvalue weighted by molar-refractivity contribution is 0.645. The highest BCUT2D eigenvalue weighted by Crippen LogP contribution is 2.61. The van der Waals surface area contributed by atoms with Crippen LogP contribution in [0.15, 0.2) is 133 Å². The Labute approximate surface area is 240 Å². The predicted molar refractivity (Wildman–Crippen MR) is 174 cm³/mol. The average Bonchev–Trinajstić information content (AvgIpc) is 3.35. The van der Waals surface area contributed by atoms with E-state index in [1.165, 1.54) is 88.3 Å². The molecule has 0 aromatic heterocycles. The fraction of sp³-hybridized carbons (Fsp3) is 0.0732. The zero-order chi connectivity index (χ0) is 27.3. The van der Waals surface area contributed by atoms with Crippen molar-refractivity contribution < 1.29 is 0 Å². The summed E-state index contributed by atoms with van der Waals surface area (Å²) in [6, 6.07) is 49.6. The average molecular weight is 521 g/mol. The number of benzene rings is 7. The molecular formula is C41H28. The van der Waals surface area contributed by atoms with Crippen LogP contribution < -0.4 is 0 Å². The van der Waals surface area contributed by atoms with Crippen molar-refractivity contribution in [3.8, 4) is 55.6 Å². The highest BCUT2D eigenvalue weighted by molar-refractivity contribution is 6.29. The van der Waals surface area contributed by atoms with Crippen LogP contribution in [-0.4, -0.2) is 0 Å². The molecular weight excluding hydrogens is 492 g/mol. The van der Waals surface area contributed by atoms with Gasteiger partial charge in [-0.05, 0) is 88.3 Å². The summed E-state index contributed by atoms with van der Waals surface area (Å²) in [4.78, 5) is 0. The van der Waals surface area contributed by atoms with Crippen molar-refractivity contribution in [2.45, 2.75) is 19.3 Å². The first-order valence-electron chi connectivity index (χ1n) is 14.5. The summed E-state index contributed by atoms with van der Waals surface area (Å²) in [6.07, 6.45) is 0. The lowest BCUT2D eigenvalue weighted by Gasteiger charge is -2.35. The summed E-state index contributed by atoms with van der Waals surface area (Å²) in [6.45, 7) is 4.78. The second-order valence-electron chi connectivity index (χ2n) is 12.0. The summed E-state index contributed by atoms with van der Waals surface area (Å²) >= 11 is 0. The third-order valence-corrected chi connectivity index (χ3v) is 9.60. The molecule has 2 aliphatic rings. The first-order chi connectivity index (χ1) is 20.1. The molecule has 0 radical (unpaired) electrons. The van der Waals surface area contributed by atoms with Crippen molar-refractivity contribution in [2.75, 3.05) is 0 Å². The second kappa shape index (κ2) is 8.05. The van der Waals surface area contributed by atoms with Crippen LogP contribution in [0.5, 0.6) is 0 Å². The maximum absolute atomic E-state index is 2.42. The van der Waals surface area contributed by atoms with E-state index in [9.17, 15) is 0 Å². The molecule has 0 spiro atoms. The van der Waals surface area contributed by atoms with Gasteiger partial charge in [-0.2, -0.15) is 0 Å². The standard InChI is InChI=1S/C41H28/c1-41(2)33-20-12-11-17-27(33)30-21-22-31-37-32(23-24-34(41)38(30)37)40-36(26-15-7-4-8-16-26)29-19-10-9-18-28(29)35(39(31)40)25-13-5-3-6-14-25/h3-24H,1-2H3.